The number of hydrogen-bond acceptors (Lipinski definition) is 4. The van der Waals surface area contributed by atoms with E-state index >= 15 is 0 Å². The van der Waals surface area contributed by atoms with E-state index in [9.17, 15) is 0 Å². The van der Waals surface area contributed by atoms with Gasteiger partial charge >= 0.3 is 0 Å². The summed E-state index contributed by atoms with van der Waals surface area (Å²) in [5.74, 6) is 1.53. The Morgan fingerprint density at radius 2 is 2.18 bits per heavy atom. The van der Waals surface area contributed by atoms with Crippen molar-refractivity contribution >= 4 is 22.5 Å². The number of aromatic nitrogens is 3. The summed E-state index contributed by atoms with van der Waals surface area (Å²) in [7, 11) is 0. The first-order valence-electron chi connectivity index (χ1n) is 7.70. The zero-order chi connectivity index (χ0) is 14.9. The van der Waals surface area contributed by atoms with Crippen LogP contribution in [0.15, 0.2) is 42.9 Å². The largest absolute Gasteiger partial charge is 0.399 e. The Bertz CT molecular complexity index is 794. The molecule has 0 amide bonds. The van der Waals surface area contributed by atoms with Crippen molar-refractivity contribution in [3.05, 3.63) is 48.4 Å². The maximum Gasteiger partial charge on any atom is 0.142 e. The van der Waals surface area contributed by atoms with E-state index in [4.69, 9.17) is 5.73 Å². The van der Waals surface area contributed by atoms with Gasteiger partial charge in [-0.25, -0.2) is 9.97 Å². The number of piperidine rings is 1. The zero-order valence-corrected chi connectivity index (χ0v) is 12.4. The first-order valence-corrected chi connectivity index (χ1v) is 7.70. The molecule has 3 N–H and O–H groups in total. The van der Waals surface area contributed by atoms with Gasteiger partial charge in [0.25, 0.3) is 0 Å². The maximum absolute atomic E-state index is 5.93. The summed E-state index contributed by atoms with van der Waals surface area (Å²) in [6.45, 7) is 2.01. The van der Waals surface area contributed by atoms with E-state index in [1.807, 2.05) is 18.3 Å². The zero-order valence-electron chi connectivity index (χ0n) is 12.4. The second-order valence-corrected chi connectivity index (χ2v) is 5.89. The number of nitrogens with one attached hydrogen (secondary N) is 1. The van der Waals surface area contributed by atoms with Crippen LogP contribution >= 0.6 is 0 Å². The summed E-state index contributed by atoms with van der Waals surface area (Å²) in [6, 6.07) is 10.3. The topological polar surface area (TPSA) is 70.8 Å². The maximum atomic E-state index is 5.93. The van der Waals surface area contributed by atoms with Crippen molar-refractivity contribution in [2.45, 2.75) is 18.8 Å². The number of nitrogens with two attached hydrogens (primary N) is 1. The van der Waals surface area contributed by atoms with Crippen molar-refractivity contribution < 1.29 is 0 Å². The number of nitrogen functional groups attached to an aromatic ring is 1. The molecular weight excluding hydrogens is 274 g/mol. The van der Waals surface area contributed by atoms with Gasteiger partial charge in [-0.05, 0) is 36.6 Å². The fraction of sp³-hybridized carbons (Fsp3) is 0.294. The Labute approximate surface area is 129 Å². The third-order valence-electron chi connectivity index (χ3n) is 4.44. The summed E-state index contributed by atoms with van der Waals surface area (Å²) in [5.41, 5.74) is 8.99. The highest BCUT2D eigenvalue weighted by Crippen LogP contribution is 2.32. The molecule has 0 bridgehead atoms. The average Bonchev–Trinajstić information content (AvgIpc) is 3.03. The fourth-order valence-electron chi connectivity index (χ4n) is 3.37. The van der Waals surface area contributed by atoms with Crippen molar-refractivity contribution in [2.24, 2.45) is 0 Å². The highest BCUT2D eigenvalue weighted by atomic mass is 15.2. The molecule has 5 heteroatoms. The van der Waals surface area contributed by atoms with Crippen molar-refractivity contribution in [3.63, 3.8) is 0 Å². The van der Waals surface area contributed by atoms with Crippen molar-refractivity contribution in [2.75, 3.05) is 23.7 Å². The van der Waals surface area contributed by atoms with Crippen LogP contribution in [0.1, 0.15) is 24.3 Å². The van der Waals surface area contributed by atoms with Crippen LogP contribution in [0.2, 0.25) is 0 Å². The Hall–Kier alpha value is -2.56. The van der Waals surface area contributed by atoms with Crippen LogP contribution in [-0.4, -0.2) is 28.0 Å². The van der Waals surface area contributed by atoms with Gasteiger partial charge in [-0.15, -0.1) is 0 Å². The number of anilines is 2. The lowest BCUT2D eigenvalue weighted by Crippen LogP contribution is -2.35. The number of rotatable bonds is 2. The van der Waals surface area contributed by atoms with Crippen LogP contribution in [0.4, 0.5) is 11.5 Å². The minimum absolute atomic E-state index is 0.501. The number of nitrogens with zero attached hydrogens (tertiary/aromatic N) is 3. The summed E-state index contributed by atoms with van der Waals surface area (Å²) < 4.78 is 0. The lowest BCUT2D eigenvalue weighted by Gasteiger charge is -2.34. The minimum Gasteiger partial charge on any atom is -0.399 e. The molecule has 22 heavy (non-hydrogen) atoms. The Morgan fingerprint density at radius 1 is 1.23 bits per heavy atom. The number of H-pyrrole nitrogens is 1. The first-order chi connectivity index (χ1) is 10.8. The predicted octanol–water partition coefficient (Wildman–Crippen LogP) is 2.92. The lowest BCUT2D eigenvalue weighted by molar-refractivity contribution is 0.508. The van der Waals surface area contributed by atoms with Gasteiger partial charge in [0.15, 0.2) is 0 Å². The molecule has 3 heterocycles. The molecule has 3 aromatic rings. The molecule has 1 saturated heterocycles. The molecule has 0 saturated carbocycles. The summed E-state index contributed by atoms with van der Waals surface area (Å²) in [5, 5.41) is 1.09. The second kappa shape index (κ2) is 5.33. The Kier molecular flexibility index (Phi) is 3.18. The average molecular weight is 293 g/mol. The molecule has 0 spiro atoms. The standard InChI is InChI=1S/C17H19N5/c18-14-5-1-3-12(9-14)13-4-2-8-22(10-13)17-15-6-7-19-16(15)20-11-21-17/h1,3,5-7,9,11,13H,2,4,8,10,18H2,(H,19,20,21). The number of benzene rings is 1. The van der Waals surface area contributed by atoms with Crippen molar-refractivity contribution in [3.8, 4) is 0 Å². The monoisotopic (exact) mass is 293 g/mol. The third kappa shape index (κ3) is 2.28. The summed E-state index contributed by atoms with van der Waals surface area (Å²) in [6.07, 6.45) is 5.91. The molecule has 1 aliphatic heterocycles. The van der Waals surface area contributed by atoms with E-state index < -0.39 is 0 Å². The molecule has 1 aliphatic rings. The molecule has 0 aliphatic carbocycles. The Balaban J connectivity index is 1.65. The molecule has 2 aromatic heterocycles. The van der Waals surface area contributed by atoms with Crippen LogP contribution < -0.4 is 10.6 Å². The van der Waals surface area contributed by atoms with Crippen LogP contribution in [0, 0.1) is 0 Å². The van der Waals surface area contributed by atoms with E-state index in [0.717, 1.165) is 42.0 Å². The quantitative estimate of drug-likeness (QED) is 0.713. The van der Waals surface area contributed by atoms with Gasteiger partial charge < -0.3 is 15.6 Å². The molecule has 1 fully saturated rings. The van der Waals surface area contributed by atoms with E-state index in [2.05, 4.69) is 38.1 Å². The molecule has 5 nitrogen and oxygen atoms in total. The van der Waals surface area contributed by atoms with Gasteiger partial charge in [-0.3, -0.25) is 0 Å². The van der Waals surface area contributed by atoms with E-state index in [1.165, 1.54) is 12.0 Å². The second-order valence-electron chi connectivity index (χ2n) is 5.89. The van der Waals surface area contributed by atoms with E-state index in [-0.39, 0.29) is 0 Å². The molecule has 1 unspecified atom stereocenters. The van der Waals surface area contributed by atoms with Crippen LogP contribution in [-0.2, 0) is 0 Å². The number of hydrogen-bond donors (Lipinski definition) is 2. The smallest absolute Gasteiger partial charge is 0.142 e. The van der Waals surface area contributed by atoms with Gasteiger partial charge in [0.05, 0.1) is 5.39 Å². The minimum atomic E-state index is 0.501. The molecule has 112 valence electrons. The van der Waals surface area contributed by atoms with Crippen molar-refractivity contribution in [1.29, 1.82) is 0 Å². The van der Waals surface area contributed by atoms with Crippen LogP contribution in [0.25, 0.3) is 11.0 Å². The van der Waals surface area contributed by atoms with Crippen LogP contribution in [0.5, 0.6) is 0 Å². The fourth-order valence-corrected chi connectivity index (χ4v) is 3.37. The highest BCUT2D eigenvalue weighted by Gasteiger charge is 2.23. The first kappa shape index (κ1) is 13.1. The van der Waals surface area contributed by atoms with Gasteiger partial charge in [-0.2, -0.15) is 0 Å². The molecule has 1 atom stereocenters. The van der Waals surface area contributed by atoms with Gasteiger partial charge in [0.2, 0.25) is 0 Å². The summed E-state index contributed by atoms with van der Waals surface area (Å²) >= 11 is 0. The molecule has 4 rings (SSSR count). The summed E-state index contributed by atoms with van der Waals surface area (Å²) in [4.78, 5) is 14.3. The highest BCUT2D eigenvalue weighted by molar-refractivity contribution is 5.87. The normalized spacial score (nSPS) is 18.7. The molecule has 1 aromatic carbocycles. The number of aromatic amines is 1. The van der Waals surface area contributed by atoms with E-state index in [0.29, 0.717) is 5.92 Å². The SMILES string of the molecule is Nc1cccc(C2CCCN(c3ncnc4[nH]ccc34)C2)c1. The van der Waals surface area contributed by atoms with Gasteiger partial charge in [-0.1, -0.05) is 12.1 Å². The third-order valence-corrected chi connectivity index (χ3v) is 4.44. The number of fused-ring (bicyclic) bond motifs is 1. The van der Waals surface area contributed by atoms with Crippen molar-refractivity contribution in [1.82, 2.24) is 15.0 Å². The molecular formula is C17H19N5. The Morgan fingerprint density at radius 3 is 3.09 bits per heavy atom. The van der Waals surface area contributed by atoms with Gasteiger partial charge in [0, 0.05) is 30.9 Å². The van der Waals surface area contributed by atoms with E-state index in [1.54, 1.807) is 6.33 Å². The lowest BCUT2D eigenvalue weighted by atomic mass is 9.90. The molecule has 0 radical (unpaired) electrons. The van der Waals surface area contributed by atoms with Gasteiger partial charge in [0.1, 0.15) is 17.8 Å². The van der Waals surface area contributed by atoms with Crippen LogP contribution in [0.3, 0.4) is 0 Å². The predicted molar refractivity (Wildman–Crippen MR) is 88.9 cm³/mol.